The molecule has 0 fully saturated rings. The van der Waals surface area contributed by atoms with Crippen LogP contribution in [0.1, 0.15) is 17.3 Å². The lowest BCUT2D eigenvalue weighted by Crippen LogP contribution is -2.31. The number of β-amino-alcohol motifs (C(OH)–C–C–N with tert-alkyl or cyclic N) is 1. The number of anilines is 1. The molecule has 3 rings (SSSR count). The van der Waals surface area contributed by atoms with E-state index in [9.17, 15) is 14.4 Å². The van der Waals surface area contributed by atoms with E-state index in [2.05, 4.69) is 5.32 Å². The molecule has 9 heteroatoms. The van der Waals surface area contributed by atoms with Gasteiger partial charge < -0.3 is 29.5 Å². The van der Waals surface area contributed by atoms with Crippen LogP contribution in [0.25, 0.3) is 0 Å². The molecule has 0 bridgehead atoms. The number of methoxy groups -OCH3 is 1. The minimum absolute atomic E-state index is 0.00617. The summed E-state index contributed by atoms with van der Waals surface area (Å²) in [7, 11) is 1.22. The molecule has 2 N–H and O–H groups in total. The predicted molar refractivity (Wildman–Crippen MR) is 88.9 cm³/mol. The Bertz CT molecular complexity index is 816. The summed E-state index contributed by atoms with van der Waals surface area (Å²) in [5, 5.41) is 12.0. The Kier molecular flexibility index (Phi) is 4.81. The molecule has 0 unspecified atom stereocenters. The van der Waals surface area contributed by atoms with Crippen molar-refractivity contribution in [2.75, 3.05) is 38.9 Å². The van der Waals surface area contributed by atoms with Gasteiger partial charge in [0.2, 0.25) is 6.79 Å². The number of Topliss-reactive ketones (excluding diaryl/α,β-unsaturated/α-hetero) is 1. The molecule has 1 aromatic rings. The molecule has 0 atom stereocenters. The van der Waals surface area contributed by atoms with Gasteiger partial charge in [0.1, 0.15) is 5.70 Å². The minimum Gasteiger partial charge on any atom is -0.466 e. The standard InChI is InChI=1S/C17H18N2O7/c1-9(21)10-5-13-14(26-8-25-13)6-12(10)18-15-11(17(23)24-2)7-19(3-4-20)16(15)22/h5-6,18,20H,3-4,7-8H2,1-2H3. The number of hydrogen-bond acceptors (Lipinski definition) is 8. The van der Waals surface area contributed by atoms with Crippen LogP contribution >= 0.6 is 0 Å². The van der Waals surface area contributed by atoms with E-state index in [-0.39, 0.29) is 43.5 Å². The average Bonchev–Trinajstić information content (AvgIpc) is 3.19. The monoisotopic (exact) mass is 362 g/mol. The van der Waals surface area contributed by atoms with E-state index < -0.39 is 11.9 Å². The van der Waals surface area contributed by atoms with Crippen LogP contribution in [0.4, 0.5) is 5.69 Å². The zero-order valence-corrected chi connectivity index (χ0v) is 14.3. The van der Waals surface area contributed by atoms with Gasteiger partial charge in [-0.1, -0.05) is 0 Å². The molecule has 2 aliphatic rings. The van der Waals surface area contributed by atoms with Crippen molar-refractivity contribution >= 4 is 23.3 Å². The second-order valence-corrected chi connectivity index (χ2v) is 5.73. The van der Waals surface area contributed by atoms with E-state index in [0.29, 0.717) is 22.7 Å². The molecular formula is C17H18N2O7. The van der Waals surface area contributed by atoms with Crippen molar-refractivity contribution in [1.29, 1.82) is 0 Å². The predicted octanol–water partition coefficient (Wildman–Crippen LogP) is 0.291. The van der Waals surface area contributed by atoms with E-state index in [1.165, 1.54) is 25.0 Å². The Balaban J connectivity index is 2.01. The van der Waals surface area contributed by atoms with E-state index in [1.807, 2.05) is 0 Å². The maximum absolute atomic E-state index is 12.6. The number of nitrogens with one attached hydrogen (secondary N) is 1. The summed E-state index contributed by atoms with van der Waals surface area (Å²) in [6.07, 6.45) is 0. The van der Waals surface area contributed by atoms with Gasteiger partial charge in [0.15, 0.2) is 17.3 Å². The largest absolute Gasteiger partial charge is 0.466 e. The molecule has 0 saturated carbocycles. The second-order valence-electron chi connectivity index (χ2n) is 5.73. The number of hydrogen-bond donors (Lipinski definition) is 2. The van der Waals surface area contributed by atoms with Crippen LogP contribution in [0.5, 0.6) is 11.5 Å². The maximum atomic E-state index is 12.6. The summed E-state index contributed by atoms with van der Waals surface area (Å²) < 4.78 is 15.3. The Morgan fingerprint density at radius 1 is 1.31 bits per heavy atom. The molecular weight excluding hydrogens is 344 g/mol. The minimum atomic E-state index is -0.661. The molecule has 0 aliphatic carbocycles. The third-order valence-electron chi connectivity index (χ3n) is 4.11. The lowest BCUT2D eigenvalue weighted by molar-refractivity contribution is -0.136. The molecule has 9 nitrogen and oxygen atoms in total. The van der Waals surface area contributed by atoms with Crippen LogP contribution in [-0.4, -0.2) is 61.3 Å². The van der Waals surface area contributed by atoms with Crippen LogP contribution in [0.3, 0.4) is 0 Å². The number of ketones is 1. The molecule has 26 heavy (non-hydrogen) atoms. The molecule has 1 aromatic carbocycles. The van der Waals surface area contributed by atoms with Crippen LogP contribution in [0.15, 0.2) is 23.4 Å². The van der Waals surface area contributed by atoms with Gasteiger partial charge in [-0.2, -0.15) is 0 Å². The van der Waals surface area contributed by atoms with Crippen molar-refractivity contribution in [3.8, 4) is 11.5 Å². The summed E-state index contributed by atoms with van der Waals surface area (Å²) in [5.41, 5.74) is 0.738. The molecule has 0 aromatic heterocycles. The van der Waals surface area contributed by atoms with Gasteiger partial charge in [-0.05, 0) is 13.0 Å². The maximum Gasteiger partial charge on any atom is 0.337 e. The normalized spacial score (nSPS) is 15.5. The van der Waals surface area contributed by atoms with E-state index in [4.69, 9.17) is 19.3 Å². The highest BCUT2D eigenvalue weighted by molar-refractivity contribution is 6.10. The Hall–Kier alpha value is -3.07. The molecule has 1 amide bonds. The highest BCUT2D eigenvalue weighted by Crippen LogP contribution is 2.38. The smallest absolute Gasteiger partial charge is 0.337 e. The first-order chi connectivity index (χ1) is 12.5. The van der Waals surface area contributed by atoms with Gasteiger partial charge in [0.05, 0.1) is 31.5 Å². The number of nitrogens with zero attached hydrogens (tertiary/aromatic N) is 1. The van der Waals surface area contributed by atoms with Gasteiger partial charge in [0, 0.05) is 18.2 Å². The van der Waals surface area contributed by atoms with Crippen molar-refractivity contribution < 1.29 is 33.7 Å². The van der Waals surface area contributed by atoms with E-state index in [0.717, 1.165) is 0 Å². The summed E-state index contributed by atoms with van der Waals surface area (Å²) in [6, 6.07) is 3.07. The average molecular weight is 362 g/mol. The summed E-state index contributed by atoms with van der Waals surface area (Å²) in [5.74, 6) is -0.514. The van der Waals surface area contributed by atoms with Gasteiger partial charge in [0.25, 0.3) is 5.91 Å². The van der Waals surface area contributed by atoms with Crippen molar-refractivity contribution in [2.24, 2.45) is 0 Å². The van der Waals surface area contributed by atoms with Gasteiger partial charge in [-0.25, -0.2) is 4.79 Å². The van der Waals surface area contributed by atoms with Crippen LogP contribution in [0.2, 0.25) is 0 Å². The number of amides is 1. The Labute approximate surface area is 149 Å². The van der Waals surface area contributed by atoms with Gasteiger partial charge in [-0.15, -0.1) is 0 Å². The molecule has 0 spiro atoms. The third kappa shape index (κ3) is 3.08. The molecule has 2 heterocycles. The summed E-state index contributed by atoms with van der Waals surface area (Å²) in [6.45, 7) is 1.26. The number of esters is 1. The molecule has 0 radical (unpaired) electrons. The molecule has 2 aliphatic heterocycles. The second kappa shape index (κ2) is 7.04. The summed E-state index contributed by atoms with van der Waals surface area (Å²) >= 11 is 0. The fourth-order valence-corrected chi connectivity index (χ4v) is 2.82. The lowest BCUT2D eigenvalue weighted by atomic mass is 10.1. The Morgan fingerprint density at radius 3 is 2.62 bits per heavy atom. The fraction of sp³-hybridized carbons (Fsp3) is 0.353. The number of rotatable bonds is 6. The first-order valence-electron chi connectivity index (χ1n) is 7.89. The fourth-order valence-electron chi connectivity index (χ4n) is 2.82. The number of carbonyl (C=O) groups is 3. The first-order valence-corrected chi connectivity index (χ1v) is 7.89. The number of aliphatic hydroxyl groups is 1. The zero-order valence-electron chi connectivity index (χ0n) is 14.3. The van der Waals surface area contributed by atoms with E-state index in [1.54, 1.807) is 6.07 Å². The van der Waals surface area contributed by atoms with Crippen LogP contribution < -0.4 is 14.8 Å². The highest BCUT2D eigenvalue weighted by atomic mass is 16.7. The van der Waals surface area contributed by atoms with Crippen molar-refractivity contribution in [3.63, 3.8) is 0 Å². The van der Waals surface area contributed by atoms with Crippen LogP contribution in [0, 0.1) is 0 Å². The number of benzene rings is 1. The van der Waals surface area contributed by atoms with Gasteiger partial charge in [-0.3, -0.25) is 9.59 Å². The third-order valence-corrected chi connectivity index (χ3v) is 4.11. The molecule has 0 saturated heterocycles. The first kappa shape index (κ1) is 17.7. The van der Waals surface area contributed by atoms with Gasteiger partial charge >= 0.3 is 5.97 Å². The Morgan fingerprint density at radius 2 is 2.00 bits per heavy atom. The highest BCUT2D eigenvalue weighted by Gasteiger charge is 2.35. The lowest BCUT2D eigenvalue weighted by Gasteiger charge is -2.16. The SMILES string of the molecule is COC(=O)C1=C(Nc2cc3c(cc2C(C)=O)OCO3)C(=O)N(CCO)C1. The topological polar surface area (TPSA) is 114 Å². The van der Waals surface area contributed by atoms with Crippen LogP contribution in [-0.2, 0) is 14.3 Å². The number of ether oxygens (including phenoxy) is 3. The van der Waals surface area contributed by atoms with E-state index >= 15 is 0 Å². The van der Waals surface area contributed by atoms with Crippen molar-refractivity contribution in [2.45, 2.75) is 6.92 Å². The quantitative estimate of drug-likeness (QED) is 0.548. The number of fused-ring (bicyclic) bond motifs is 1. The number of carbonyl (C=O) groups excluding carboxylic acids is 3. The van der Waals surface area contributed by atoms with Crippen molar-refractivity contribution in [3.05, 3.63) is 29.0 Å². The number of aliphatic hydroxyl groups excluding tert-OH is 1. The zero-order chi connectivity index (χ0) is 18.8. The summed E-state index contributed by atoms with van der Waals surface area (Å²) in [4.78, 5) is 37.9. The molecule has 138 valence electrons. The van der Waals surface area contributed by atoms with Crippen molar-refractivity contribution in [1.82, 2.24) is 4.90 Å².